The topological polar surface area (TPSA) is 38.7 Å². The molecule has 0 radical (unpaired) electrons. The Balaban J connectivity index is 1.24. The number of hydrogen-bond acceptors (Lipinski definition) is 3. The largest absolute Gasteiger partial charge is 0.208 e. The van der Waals surface area contributed by atoms with E-state index in [0.717, 1.165) is 11.1 Å². The summed E-state index contributed by atoms with van der Waals surface area (Å²) in [5, 5.41) is -2.60. The minimum atomic E-state index is -0.931. The van der Waals surface area contributed by atoms with Crippen molar-refractivity contribution in [1.82, 2.24) is 15.0 Å². The Kier molecular flexibility index (Phi) is 4.35. The molecular formula is C51H33N3. The maximum absolute atomic E-state index is 9.63. The van der Waals surface area contributed by atoms with Crippen LogP contribution in [-0.4, -0.2) is 15.0 Å². The highest BCUT2D eigenvalue weighted by Gasteiger charge is 2.14. The monoisotopic (exact) mass is 706 g/mol. The second-order valence-corrected chi connectivity index (χ2v) is 12.1. The van der Waals surface area contributed by atoms with E-state index in [9.17, 15) is 11.0 Å². The molecule has 10 rings (SSSR count). The zero-order valence-corrected chi connectivity index (χ0v) is 27.9. The molecule has 0 atom stereocenters. The Labute approximate surface area is 340 Å². The lowest BCUT2D eigenvalue weighted by Crippen LogP contribution is -2.00. The Morgan fingerprint density at radius 1 is 0.278 bits per heavy atom. The van der Waals surface area contributed by atoms with Crippen molar-refractivity contribution in [3.05, 3.63) is 200 Å². The van der Waals surface area contributed by atoms with E-state index in [1.54, 1.807) is 36.4 Å². The van der Waals surface area contributed by atoms with Gasteiger partial charge in [-0.25, -0.2) is 15.0 Å². The van der Waals surface area contributed by atoms with Crippen LogP contribution in [0.4, 0.5) is 0 Å². The molecule has 0 aliphatic rings. The van der Waals surface area contributed by atoms with E-state index < -0.39 is 170 Å². The SMILES string of the molecule is [2H]c1c([2H])c(-c2nc(-c3ccccc3)nc(-c3cccc(-c4ccccc4)c3)n2)c([2H])c(-c2c([2H])c([2H])c(-c3c([2H])c([2H])c4c5c([2H])c([2H])c([2H])c([2H])c5c5c([2H])c([2H])c([2H])c([2H])c5c4c3[2H])c([2H])c2[2H])c1[2H]. The Morgan fingerprint density at radius 2 is 0.722 bits per heavy atom. The smallest absolute Gasteiger partial charge is 0.164 e. The molecule has 0 aliphatic heterocycles. The summed E-state index contributed by atoms with van der Waals surface area (Å²) in [4.78, 5) is 14.1. The molecule has 0 amide bonds. The van der Waals surface area contributed by atoms with E-state index in [0.29, 0.717) is 11.1 Å². The molecule has 0 fully saturated rings. The standard InChI is InChI=1S/C51H33N3/c1-3-13-34(14-4-1)38-17-11-19-41(31-38)50-52-49(37-15-5-2-6-16-37)53-51(54-50)42-20-12-18-39(32-42)35-25-27-36(28-26-35)40-29-30-47-45-23-8-7-21-43(45)44-22-9-10-24-46(44)48(47)33-40/h1-33H/i7D,8D,9D,10D,12D,18D,20D,21D,22D,23D,24D,25D,26D,27D,28D,29D,30D,32D,33D. The molecule has 0 aliphatic carbocycles. The van der Waals surface area contributed by atoms with Crippen molar-refractivity contribution in [2.75, 3.05) is 0 Å². The van der Waals surface area contributed by atoms with Crippen molar-refractivity contribution in [3.8, 4) is 67.5 Å². The summed E-state index contributed by atoms with van der Waals surface area (Å²) >= 11 is 0. The van der Waals surface area contributed by atoms with Gasteiger partial charge in [-0.1, -0.05) is 182 Å². The molecule has 1 heterocycles. The first-order valence-corrected chi connectivity index (χ1v) is 16.7. The maximum atomic E-state index is 9.63. The average Bonchev–Trinajstić information content (AvgIpc) is 3.40. The van der Waals surface area contributed by atoms with Gasteiger partial charge in [-0.3, -0.25) is 0 Å². The van der Waals surface area contributed by atoms with Gasteiger partial charge in [0.05, 0.1) is 26.0 Å². The van der Waals surface area contributed by atoms with Crippen LogP contribution in [-0.2, 0) is 0 Å². The third kappa shape index (κ3) is 5.78. The van der Waals surface area contributed by atoms with Crippen molar-refractivity contribution < 1.29 is 26.0 Å². The summed E-state index contributed by atoms with van der Waals surface area (Å²) < 4.78 is 172. The van der Waals surface area contributed by atoms with Gasteiger partial charge in [0.1, 0.15) is 0 Å². The Morgan fingerprint density at radius 3 is 1.35 bits per heavy atom. The van der Waals surface area contributed by atoms with Crippen molar-refractivity contribution in [3.63, 3.8) is 0 Å². The van der Waals surface area contributed by atoms with Crippen LogP contribution in [0.3, 0.4) is 0 Å². The van der Waals surface area contributed by atoms with Gasteiger partial charge in [0.15, 0.2) is 17.5 Å². The van der Waals surface area contributed by atoms with Crippen molar-refractivity contribution in [2.24, 2.45) is 0 Å². The van der Waals surface area contributed by atoms with E-state index in [-0.39, 0.29) is 22.9 Å². The molecule has 1 aromatic heterocycles. The average molecular weight is 707 g/mol. The first-order valence-electron chi connectivity index (χ1n) is 26.2. The van der Waals surface area contributed by atoms with Crippen LogP contribution in [0.2, 0.25) is 0 Å². The van der Waals surface area contributed by atoms with Gasteiger partial charge in [0.25, 0.3) is 0 Å². The van der Waals surface area contributed by atoms with Gasteiger partial charge in [-0.15, -0.1) is 0 Å². The summed E-state index contributed by atoms with van der Waals surface area (Å²) in [5.74, 6) is -0.0280. The second kappa shape index (κ2) is 13.4. The summed E-state index contributed by atoms with van der Waals surface area (Å²) in [7, 11) is 0. The molecule has 9 aromatic carbocycles. The van der Waals surface area contributed by atoms with Gasteiger partial charge >= 0.3 is 0 Å². The zero-order chi connectivity index (χ0) is 52.4. The van der Waals surface area contributed by atoms with Crippen molar-refractivity contribution in [1.29, 1.82) is 0 Å². The first kappa shape index (κ1) is 17.5. The van der Waals surface area contributed by atoms with E-state index in [1.807, 2.05) is 48.5 Å². The molecule has 0 saturated carbocycles. The maximum Gasteiger partial charge on any atom is 0.164 e. The molecule has 0 saturated heterocycles. The summed E-state index contributed by atoms with van der Waals surface area (Å²) in [6, 6.07) is 10.5. The lowest BCUT2D eigenvalue weighted by molar-refractivity contribution is 1.07. The predicted octanol–water partition coefficient (Wildman–Crippen LogP) is 13.3. The molecule has 10 aromatic rings. The van der Waals surface area contributed by atoms with E-state index in [2.05, 4.69) is 4.98 Å². The van der Waals surface area contributed by atoms with Gasteiger partial charge in [0.2, 0.25) is 0 Å². The molecule has 54 heavy (non-hydrogen) atoms. The van der Waals surface area contributed by atoms with Crippen LogP contribution in [0.25, 0.3) is 99.9 Å². The quantitative estimate of drug-likeness (QED) is 0.162. The summed E-state index contributed by atoms with van der Waals surface area (Å²) in [6.45, 7) is 0. The molecule has 0 unspecified atom stereocenters. The fraction of sp³-hybridized carbons (Fsp3) is 0. The number of aromatic nitrogens is 3. The number of fused-ring (bicyclic) bond motifs is 6. The number of nitrogens with zero attached hydrogens (tertiary/aromatic N) is 3. The van der Waals surface area contributed by atoms with Crippen LogP contribution in [0, 0.1) is 0 Å². The number of benzene rings is 9. The summed E-state index contributed by atoms with van der Waals surface area (Å²) in [6.07, 6.45) is 0. The highest BCUT2D eigenvalue weighted by atomic mass is 15.0. The van der Waals surface area contributed by atoms with Crippen LogP contribution in [0.5, 0.6) is 0 Å². The number of hydrogen-bond donors (Lipinski definition) is 0. The normalized spacial score (nSPS) is 16.3. The van der Waals surface area contributed by atoms with E-state index in [4.69, 9.17) is 25.0 Å². The van der Waals surface area contributed by atoms with E-state index >= 15 is 0 Å². The minimum absolute atomic E-state index is 0.121. The third-order valence-electron chi connectivity index (χ3n) is 8.81. The number of rotatable bonds is 6. The lowest BCUT2D eigenvalue weighted by Gasteiger charge is -2.12. The summed E-state index contributed by atoms with van der Waals surface area (Å²) in [5.41, 5.74) is -0.295. The Hall–Kier alpha value is -7.23. The predicted molar refractivity (Wildman–Crippen MR) is 225 cm³/mol. The lowest BCUT2D eigenvalue weighted by atomic mass is 9.92. The molecule has 0 bridgehead atoms. The van der Waals surface area contributed by atoms with Gasteiger partial charge in [-0.2, -0.15) is 0 Å². The fourth-order valence-electron chi connectivity index (χ4n) is 6.23. The molecule has 3 heteroatoms. The van der Waals surface area contributed by atoms with Gasteiger partial charge < -0.3 is 0 Å². The highest BCUT2D eigenvalue weighted by molar-refractivity contribution is 6.25. The molecule has 0 spiro atoms. The van der Waals surface area contributed by atoms with Gasteiger partial charge in [0, 0.05) is 16.7 Å². The molecular weight excluding hydrogens is 655 g/mol. The zero-order valence-electron chi connectivity index (χ0n) is 46.9. The second-order valence-electron chi connectivity index (χ2n) is 12.1. The van der Waals surface area contributed by atoms with Crippen molar-refractivity contribution >= 4 is 32.3 Å². The third-order valence-corrected chi connectivity index (χ3v) is 8.81. The van der Waals surface area contributed by atoms with E-state index in [1.165, 1.54) is 0 Å². The fourth-order valence-corrected chi connectivity index (χ4v) is 6.23. The molecule has 3 nitrogen and oxygen atoms in total. The van der Waals surface area contributed by atoms with Crippen LogP contribution in [0.15, 0.2) is 200 Å². The van der Waals surface area contributed by atoms with Crippen LogP contribution < -0.4 is 0 Å². The van der Waals surface area contributed by atoms with Gasteiger partial charge in [-0.05, 0) is 83.8 Å². The first-order chi connectivity index (χ1) is 34.7. The minimum Gasteiger partial charge on any atom is -0.208 e. The highest BCUT2D eigenvalue weighted by Crippen LogP contribution is 2.38. The van der Waals surface area contributed by atoms with Crippen molar-refractivity contribution in [2.45, 2.75) is 0 Å². The Bertz CT molecular complexity index is 4000. The molecule has 252 valence electrons. The van der Waals surface area contributed by atoms with Crippen LogP contribution >= 0.6 is 0 Å². The van der Waals surface area contributed by atoms with Crippen LogP contribution in [0.1, 0.15) is 26.0 Å². The molecule has 0 N–H and O–H groups in total.